The summed E-state index contributed by atoms with van der Waals surface area (Å²) < 4.78 is 4.91. The molecule has 0 bridgehead atoms. The highest BCUT2D eigenvalue weighted by atomic mass is 16.5. The number of fused-ring (bicyclic) bond motifs is 1. The first-order chi connectivity index (χ1) is 7.63. The Morgan fingerprint density at radius 1 is 1.62 bits per heavy atom. The van der Waals surface area contributed by atoms with Crippen LogP contribution < -0.4 is 5.32 Å². The second-order valence-corrected chi connectivity index (χ2v) is 3.70. The zero-order chi connectivity index (χ0) is 11.7. The van der Waals surface area contributed by atoms with Crippen molar-refractivity contribution in [1.29, 1.82) is 0 Å². The van der Waals surface area contributed by atoms with Crippen molar-refractivity contribution in [3.63, 3.8) is 0 Å². The fraction of sp³-hybridized carbons (Fsp3) is 0.455. The van der Waals surface area contributed by atoms with E-state index >= 15 is 0 Å². The molecule has 0 fully saturated rings. The number of carbonyl (C=O) groups excluding carboxylic acids is 1. The van der Waals surface area contributed by atoms with Gasteiger partial charge < -0.3 is 15.2 Å². The summed E-state index contributed by atoms with van der Waals surface area (Å²) in [7, 11) is 0. The molecule has 0 spiro atoms. The van der Waals surface area contributed by atoms with Crippen LogP contribution >= 0.6 is 0 Å². The molecule has 2 rings (SSSR count). The zero-order valence-electron chi connectivity index (χ0n) is 9.23. The van der Waals surface area contributed by atoms with Gasteiger partial charge in [-0.25, -0.2) is 0 Å². The molecule has 0 saturated carbocycles. The van der Waals surface area contributed by atoms with Gasteiger partial charge in [-0.05, 0) is 26.0 Å². The zero-order valence-corrected chi connectivity index (χ0v) is 9.23. The molecular formula is C11H14N2O3. The monoisotopic (exact) mass is 222 g/mol. The van der Waals surface area contributed by atoms with E-state index < -0.39 is 18.1 Å². The first-order valence-corrected chi connectivity index (χ1v) is 5.22. The van der Waals surface area contributed by atoms with Gasteiger partial charge in [-0.1, -0.05) is 0 Å². The van der Waals surface area contributed by atoms with E-state index in [2.05, 4.69) is 10.3 Å². The Bertz CT molecular complexity index is 420. The Morgan fingerprint density at radius 2 is 2.38 bits per heavy atom. The molecule has 0 saturated heterocycles. The fourth-order valence-corrected chi connectivity index (χ4v) is 1.80. The molecule has 2 heterocycles. The summed E-state index contributed by atoms with van der Waals surface area (Å²) in [5.41, 5.74) is 2.06. The van der Waals surface area contributed by atoms with Crippen LogP contribution in [0.1, 0.15) is 24.2 Å². The number of anilines is 1. The molecule has 1 aliphatic heterocycles. The highest BCUT2D eigenvalue weighted by Gasteiger charge is 2.38. The SMILES string of the molecule is CCOC(=O)C1c2nc(C)ccc2NC1O. The molecule has 16 heavy (non-hydrogen) atoms. The number of aliphatic hydroxyl groups is 1. The lowest BCUT2D eigenvalue weighted by molar-refractivity contribution is -0.147. The third-order valence-electron chi connectivity index (χ3n) is 2.52. The van der Waals surface area contributed by atoms with Gasteiger partial charge in [0, 0.05) is 5.69 Å². The van der Waals surface area contributed by atoms with Crippen molar-refractivity contribution in [2.24, 2.45) is 0 Å². The van der Waals surface area contributed by atoms with Crippen LogP contribution in [0.5, 0.6) is 0 Å². The van der Waals surface area contributed by atoms with Crippen LogP contribution in [-0.2, 0) is 9.53 Å². The van der Waals surface area contributed by atoms with Crippen molar-refractivity contribution < 1.29 is 14.6 Å². The number of hydrogen-bond acceptors (Lipinski definition) is 5. The van der Waals surface area contributed by atoms with Gasteiger partial charge in [-0.3, -0.25) is 9.78 Å². The van der Waals surface area contributed by atoms with Crippen LogP contribution in [-0.4, -0.2) is 28.9 Å². The van der Waals surface area contributed by atoms with E-state index in [9.17, 15) is 9.90 Å². The average molecular weight is 222 g/mol. The quantitative estimate of drug-likeness (QED) is 0.723. The molecule has 86 valence electrons. The lowest BCUT2D eigenvalue weighted by Crippen LogP contribution is -2.28. The molecule has 1 aliphatic rings. The van der Waals surface area contributed by atoms with E-state index in [0.29, 0.717) is 18.0 Å². The molecule has 5 heteroatoms. The number of nitrogens with zero attached hydrogens (tertiary/aromatic N) is 1. The number of aliphatic hydroxyl groups excluding tert-OH is 1. The van der Waals surface area contributed by atoms with Gasteiger partial charge >= 0.3 is 5.97 Å². The number of rotatable bonds is 2. The third-order valence-corrected chi connectivity index (χ3v) is 2.52. The van der Waals surface area contributed by atoms with Crippen molar-refractivity contribution in [3.05, 3.63) is 23.5 Å². The van der Waals surface area contributed by atoms with Crippen molar-refractivity contribution >= 4 is 11.7 Å². The van der Waals surface area contributed by atoms with E-state index in [4.69, 9.17) is 4.74 Å². The number of aryl methyl sites for hydroxylation is 1. The highest BCUT2D eigenvalue weighted by molar-refractivity contribution is 5.83. The number of aromatic nitrogens is 1. The van der Waals surface area contributed by atoms with E-state index in [-0.39, 0.29) is 0 Å². The third kappa shape index (κ3) is 1.74. The molecule has 0 radical (unpaired) electrons. The summed E-state index contributed by atoms with van der Waals surface area (Å²) in [6.07, 6.45) is -0.955. The molecule has 0 amide bonds. The number of hydrogen-bond donors (Lipinski definition) is 2. The fourth-order valence-electron chi connectivity index (χ4n) is 1.80. The van der Waals surface area contributed by atoms with Crippen LogP contribution in [0.4, 0.5) is 5.69 Å². The first kappa shape index (κ1) is 10.9. The summed E-state index contributed by atoms with van der Waals surface area (Å²) in [6.45, 7) is 3.87. The molecular weight excluding hydrogens is 208 g/mol. The van der Waals surface area contributed by atoms with Gasteiger partial charge in [-0.15, -0.1) is 0 Å². The number of esters is 1. The van der Waals surface area contributed by atoms with Crippen molar-refractivity contribution in [3.8, 4) is 0 Å². The maximum Gasteiger partial charge on any atom is 0.319 e. The molecule has 0 aliphatic carbocycles. The standard InChI is InChI=1S/C11H14N2O3/c1-3-16-11(15)8-9-7(13-10(8)14)5-4-6(2)12-9/h4-5,8,10,13-14H,3H2,1-2H3. The van der Waals surface area contributed by atoms with E-state index in [1.807, 2.05) is 13.0 Å². The number of carbonyl (C=O) groups is 1. The number of nitrogens with one attached hydrogen (secondary N) is 1. The van der Waals surface area contributed by atoms with Gasteiger partial charge in [0.1, 0.15) is 12.1 Å². The van der Waals surface area contributed by atoms with Crippen molar-refractivity contribution in [1.82, 2.24) is 4.98 Å². The van der Waals surface area contributed by atoms with Gasteiger partial charge in [0.25, 0.3) is 0 Å². The van der Waals surface area contributed by atoms with Gasteiger partial charge in [-0.2, -0.15) is 0 Å². The summed E-state index contributed by atoms with van der Waals surface area (Å²) in [4.78, 5) is 15.9. The van der Waals surface area contributed by atoms with Crippen LogP contribution in [0.2, 0.25) is 0 Å². The van der Waals surface area contributed by atoms with E-state index in [0.717, 1.165) is 5.69 Å². The number of pyridine rings is 1. The summed E-state index contributed by atoms with van der Waals surface area (Å²) in [5.74, 6) is -1.17. The minimum Gasteiger partial charge on any atom is -0.465 e. The predicted molar refractivity (Wildman–Crippen MR) is 58.0 cm³/mol. The Balaban J connectivity index is 2.34. The van der Waals surface area contributed by atoms with Gasteiger partial charge in [0.2, 0.25) is 0 Å². The summed E-state index contributed by atoms with van der Waals surface area (Å²) >= 11 is 0. The molecule has 1 aromatic rings. The Kier molecular flexibility index (Phi) is 2.78. The molecule has 1 aromatic heterocycles. The number of ether oxygens (including phenoxy) is 1. The Labute approximate surface area is 93.5 Å². The topological polar surface area (TPSA) is 71.5 Å². The second-order valence-electron chi connectivity index (χ2n) is 3.70. The molecule has 0 aromatic carbocycles. The van der Waals surface area contributed by atoms with Gasteiger partial charge in [0.05, 0.1) is 18.0 Å². The normalized spacial score (nSPS) is 22.4. The largest absolute Gasteiger partial charge is 0.465 e. The highest BCUT2D eigenvalue weighted by Crippen LogP contribution is 2.34. The summed E-state index contributed by atoms with van der Waals surface area (Å²) in [6, 6.07) is 3.63. The second kappa shape index (κ2) is 4.09. The average Bonchev–Trinajstić information content (AvgIpc) is 2.53. The van der Waals surface area contributed by atoms with Crippen LogP contribution in [0.15, 0.2) is 12.1 Å². The van der Waals surface area contributed by atoms with Crippen molar-refractivity contribution in [2.45, 2.75) is 26.0 Å². The minimum absolute atomic E-state index is 0.295. The summed E-state index contributed by atoms with van der Waals surface area (Å²) in [5, 5.41) is 12.6. The predicted octanol–water partition coefficient (Wildman–Crippen LogP) is 0.781. The van der Waals surface area contributed by atoms with E-state index in [1.165, 1.54) is 0 Å². The smallest absolute Gasteiger partial charge is 0.319 e. The molecule has 2 unspecified atom stereocenters. The lowest BCUT2D eigenvalue weighted by Gasteiger charge is -2.12. The molecule has 5 nitrogen and oxygen atoms in total. The van der Waals surface area contributed by atoms with E-state index in [1.54, 1.807) is 13.0 Å². The molecule has 2 N–H and O–H groups in total. The lowest BCUT2D eigenvalue weighted by atomic mass is 10.1. The maximum atomic E-state index is 11.7. The first-order valence-electron chi connectivity index (χ1n) is 5.22. The van der Waals surface area contributed by atoms with Crippen LogP contribution in [0.25, 0.3) is 0 Å². The van der Waals surface area contributed by atoms with Crippen LogP contribution in [0, 0.1) is 6.92 Å². The van der Waals surface area contributed by atoms with Crippen molar-refractivity contribution in [2.75, 3.05) is 11.9 Å². The van der Waals surface area contributed by atoms with Gasteiger partial charge in [0.15, 0.2) is 0 Å². The minimum atomic E-state index is -0.955. The van der Waals surface area contributed by atoms with Crippen LogP contribution in [0.3, 0.4) is 0 Å². The molecule has 2 atom stereocenters. The maximum absolute atomic E-state index is 11.7. The Morgan fingerprint density at radius 3 is 3.06 bits per heavy atom. The Hall–Kier alpha value is -1.62.